The third-order valence-electron chi connectivity index (χ3n) is 5.79. The maximum atomic E-state index is 15.6. The molecular formula is C28H26Cl2F2N4O2. The summed E-state index contributed by atoms with van der Waals surface area (Å²) in [5, 5.41) is 2.78. The number of nitrogens with one attached hydrogen (secondary N) is 1. The maximum Gasteiger partial charge on any atom is 0.273 e. The largest absolute Gasteiger partial charge is 0.355 e. The predicted octanol–water partition coefficient (Wildman–Crippen LogP) is 6.49. The predicted molar refractivity (Wildman–Crippen MR) is 148 cm³/mol. The summed E-state index contributed by atoms with van der Waals surface area (Å²) in [5.74, 6) is -2.77. The number of amides is 1. The van der Waals surface area contributed by atoms with Crippen LogP contribution < -0.4 is 10.9 Å². The van der Waals surface area contributed by atoms with E-state index in [-0.39, 0.29) is 27.8 Å². The average molecular weight is 559 g/mol. The van der Waals surface area contributed by atoms with Crippen LogP contribution in [0.2, 0.25) is 10.0 Å². The molecular weight excluding hydrogens is 533 g/mol. The smallest absolute Gasteiger partial charge is 0.273 e. The summed E-state index contributed by atoms with van der Waals surface area (Å²) in [6.45, 7) is 5.20. The van der Waals surface area contributed by atoms with Gasteiger partial charge in [-0.3, -0.25) is 24.1 Å². The number of aryl methyl sites for hydroxylation is 1. The fourth-order valence-corrected chi connectivity index (χ4v) is 4.43. The van der Waals surface area contributed by atoms with E-state index in [0.29, 0.717) is 22.7 Å². The molecule has 0 bridgehead atoms. The number of hydrogen-bond donors (Lipinski definition) is 1. The zero-order valence-electron chi connectivity index (χ0n) is 21.2. The molecule has 3 rings (SSSR count). The molecule has 0 radical (unpaired) electrons. The second-order valence-electron chi connectivity index (χ2n) is 8.53. The highest BCUT2D eigenvalue weighted by atomic mass is 35.5. The van der Waals surface area contributed by atoms with Gasteiger partial charge in [-0.25, -0.2) is 8.78 Å². The SMILES string of the molecule is C/C=C/N=C(/C(F)=C/n1c(C)cc(C(C)Cc2cncc(Cl)c2)c(Cl)c1=O)c1cccc(C(=O)NC)c1F. The molecule has 1 amide bonds. The number of halogens is 4. The Morgan fingerprint density at radius 3 is 2.61 bits per heavy atom. The number of nitrogens with zero attached hydrogens (tertiary/aromatic N) is 3. The molecule has 38 heavy (non-hydrogen) atoms. The summed E-state index contributed by atoms with van der Waals surface area (Å²) in [4.78, 5) is 33.3. The van der Waals surface area contributed by atoms with Gasteiger partial charge < -0.3 is 5.32 Å². The van der Waals surface area contributed by atoms with Gasteiger partial charge in [-0.2, -0.15) is 0 Å². The zero-order chi connectivity index (χ0) is 28.0. The van der Waals surface area contributed by atoms with Gasteiger partial charge in [0.1, 0.15) is 16.6 Å². The van der Waals surface area contributed by atoms with E-state index in [2.05, 4.69) is 15.3 Å². The van der Waals surface area contributed by atoms with Gasteiger partial charge in [0, 0.05) is 36.9 Å². The van der Waals surface area contributed by atoms with Crippen molar-refractivity contribution in [3.8, 4) is 0 Å². The molecule has 2 heterocycles. The van der Waals surface area contributed by atoms with E-state index in [9.17, 15) is 9.59 Å². The molecule has 0 saturated carbocycles. The van der Waals surface area contributed by atoms with Gasteiger partial charge in [-0.1, -0.05) is 42.3 Å². The van der Waals surface area contributed by atoms with Crippen LogP contribution in [0.1, 0.15) is 52.5 Å². The van der Waals surface area contributed by atoms with Crippen LogP contribution >= 0.6 is 23.2 Å². The van der Waals surface area contributed by atoms with E-state index in [0.717, 1.165) is 16.3 Å². The number of aromatic nitrogens is 2. The van der Waals surface area contributed by atoms with Crippen molar-refractivity contribution >= 4 is 41.0 Å². The van der Waals surface area contributed by atoms with Gasteiger partial charge in [-0.05, 0) is 61.6 Å². The lowest BCUT2D eigenvalue weighted by Gasteiger charge is -2.17. The quantitative estimate of drug-likeness (QED) is 0.321. The fourth-order valence-electron chi connectivity index (χ4n) is 3.91. The fraction of sp³-hybridized carbons (Fsp3) is 0.214. The third-order valence-corrected chi connectivity index (χ3v) is 6.37. The normalized spacial score (nSPS) is 13.2. The van der Waals surface area contributed by atoms with Gasteiger partial charge in [0.25, 0.3) is 11.5 Å². The van der Waals surface area contributed by atoms with Crippen molar-refractivity contribution in [2.45, 2.75) is 33.1 Å². The number of carbonyl (C=O) groups is 1. The van der Waals surface area contributed by atoms with Gasteiger partial charge in [0.2, 0.25) is 0 Å². The van der Waals surface area contributed by atoms with Crippen molar-refractivity contribution in [3.05, 3.63) is 115 Å². The highest BCUT2D eigenvalue weighted by Crippen LogP contribution is 2.27. The van der Waals surface area contributed by atoms with Crippen molar-refractivity contribution in [3.63, 3.8) is 0 Å². The number of allylic oxidation sites excluding steroid dienone is 2. The summed E-state index contributed by atoms with van der Waals surface area (Å²) >= 11 is 12.5. The maximum absolute atomic E-state index is 15.6. The van der Waals surface area contributed by atoms with Crippen LogP contribution in [0.5, 0.6) is 0 Å². The Kier molecular flexibility index (Phi) is 9.72. The Bertz CT molecular complexity index is 1510. The molecule has 10 heteroatoms. The van der Waals surface area contributed by atoms with Crippen molar-refractivity contribution < 1.29 is 13.6 Å². The zero-order valence-corrected chi connectivity index (χ0v) is 22.7. The van der Waals surface area contributed by atoms with Gasteiger partial charge in [0.05, 0.1) is 16.8 Å². The summed E-state index contributed by atoms with van der Waals surface area (Å²) in [5.41, 5.74) is 0.333. The monoisotopic (exact) mass is 558 g/mol. The first-order valence-corrected chi connectivity index (χ1v) is 12.4. The number of benzene rings is 1. The van der Waals surface area contributed by atoms with Gasteiger partial charge in [-0.15, -0.1) is 0 Å². The van der Waals surface area contributed by atoms with E-state index in [1.54, 1.807) is 32.2 Å². The van der Waals surface area contributed by atoms with E-state index >= 15 is 8.78 Å². The van der Waals surface area contributed by atoms with E-state index in [1.807, 2.05) is 6.92 Å². The lowest BCUT2D eigenvalue weighted by molar-refractivity contribution is 0.0959. The Hall–Kier alpha value is -3.62. The molecule has 1 N–H and O–H groups in total. The van der Waals surface area contributed by atoms with E-state index < -0.39 is 23.1 Å². The minimum Gasteiger partial charge on any atom is -0.355 e. The van der Waals surface area contributed by atoms with Crippen LogP contribution in [-0.4, -0.2) is 28.2 Å². The Balaban J connectivity index is 2.06. The second-order valence-corrected chi connectivity index (χ2v) is 9.34. The first kappa shape index (κ1) is 28.9. The Labute approximate surface area is 229 Å². The molecule has 1 atom stereocenters. The standard InChI is InChI=1S/C28H26Cl2F2N4O2/c1-5-9-35-26(20-7-6-8-21(25(20)32)27(37)33-4)23(31)15-36-17(3)11-22(24(30)28(36)38)16(2)10-18-12-19(29)14-34-13-18/h5-9,11-16H,10H2,1-4H3,(H,33,37)/b9-5+,23-15-,35-26+. The summed E-state index contributed by atoms with van der Waals surface area (Å²) in [6, 6.07) is 7.48. The summed E-state index contributed by atoms with van der Waals surface area (Å²) < 4.78 is 31.9. The number of pyridine rings is 2. The molecule has 2 aromatic heterocycles. The van der Waals surface area contributed by atoms with Gasteiger partial charge >= 0.3 is 0 Å². The molecule has 0 aliphatic heterocycles. The Morgan fingerprint density at radius 2 is 1.95 bits per heavy atom. The van der Waals surface area contributed by atoms with Crippen molar-refractivity contribution in [2.75, 3.05) is 7.05 Å². The number of carbonyl (C=O) groups excluding carboxylic acids is 1. The van der Waals surface area contributed by atoms with E-state index in [4.69, 9.17) is 23.2 Å². The number of rotatable bonds is 8. The molecule has 1 aromatic carbocycles. The first-order chi connectivity index (χ1) is 18.1. The molecule has 0 aliphatic carbocycles. The molecule has 6 nitrogen and oxygen atoms in total. The minimum absolute atomic E-state index is 0.0677. The topological polar surface area (TPSA) is 76.3 Å². The molecule has 0 aliphatic rings. The van der Waals surface area contributed by atoms with Crippen LogP contribution in [0, 0.1) is 12.7 Å². The Morgan fingerprint density at radius 1 is 1.24 bits per heavy atom. The minimum atomic E-state index is -0.997. The van der Waals surface area contributed by atoms with E-state index in [1.165, 1.54) is 43.7 Å². The molecule has 0 fully saturated rings. The average Bonchev–Trinajstić information content (AvgIpc) is 2.89. The van der Waals surface area contributed by atoms with Crippen LogP contribution in [-0.2, 0) is 6.42 Å². The lowest BCUT2D eigenvalue weighted by atomic mass is 9.94. The first-order valence-electron chi connectivity index (χ1n) is 11.7. The summed E-state index contributed by atoms with van der Waals surface area (Å²) in [6.07, 6.45) is 7.48. The van der Waals surface area contributed by atoms with Crippen molar-refractivity contribution in [1.82, 2.24) is 14.9 Å². The lowest BCUT2D eigenvalue weighted by Crippen LogP contribution is -2.22. The van der Waals surface area contributed by atoms with Crippen molar-refractivity contribution in [2.24, 2.45) is 4.99 Å². The second kappa shape index (κ2) is 12.8. The highest BCUT2D eigenvalue weighted by Gasteiger charge is 2.22. The van der Waals surface area contributed by atoms with Crippen LogP contribution in [0.15, 0.2) is 70.6 Å². The number of aliphatic imine (C=N–C) groups is 1. The van der Waals surface area contributed by atoms with Gasteiger partial charge in [0.15, 0.2) is 5.83 Å². The molecule has 198 valence electrons. The molecule has 1 unspecified atom stereocenters. The van der Waals surface area contributed by atoms with Crippen LogP contribution in [0.4, 0.5) is 8.78 Å². The molecule has 0 saturated heterocycles. The number of hydrogen-bond acceptors (Lipinski definition) is 4. The van der Waals surface area contributed by atoms with Crippen LogP contribution in [0.3, 0.4) is 0 Å². The summed E-state index contributed by atoms with van der Waals surface area (Å²) in [7, 11) is 1.36. The molecule has 0 spiro atoms. The highest BCUT2D eigenvalue weighted by molar-refractivity contribution is 6.31. The third kappa shape index (κ3) is 6.44. The van der Waals surface area contributed by atoms with Crippen molar-refractivity contribution in [1.29, 1.82) is 0 Å². The molecule has 3 aromatic rings. The van der Waals surface area contributed by atoms with Crippen LogP contribution in [0.25, 0.3) is 6.20 Å².